The molecule has 10 rings (SSSR count). The summed E-state index contributed by atoms with van der Waals surface area (Å²) in [6.45, 7) is 19.2. The number of aryl methyl sites for hydroxylation is 2. The number of aliphatic hydroxyl groups is 4. The Kier molecular flexibility index (Phi) is 25.2. The van der Waals surface area contributed by atoms with Crippen LogP contribution in [0.4, 0.5) is 0 Å². The standard InChI is InChI=1S/C64H90N10O24P2S2Si2/c1-33-27-73(61(83)69-53(33)79)45-23-39(77)43(91-45)31-89-99(85,86)95-49-41(29-75)93-47(51(49)97-103(9,10)63(3,4)5)37-25-65-59(67-55(81)35-19-15-13-16-20-35)71-57(37)101-102-58-38(26-66-60(72-58)68-56(82)36-21-17-14-18-22-36)48-52(98-104(11,12)64(6,7)8)50(42(30-76)94-48)96-100(87,88)90-32-44-40(78)24-46(92-44)74-28-34(2)54(80)70-62(74)84/h13-22,25-28,39-52,57-58,75-78H,23-24,29-32H2,1-12H3,(H,85,86)(H,87,88)(H,69,79,83)(H,70,80,84)(H2,65,67,71,81)(H2,66,68,72,82)/p-2/t39-,40-,41+,42+,43+,44+,45+,46+,47-,48-,49+,50+,51-,52-,57?,58?/m0/s1. The van der Waals surface area contributed by atoms with Crippen molar-refractivity contribution in [3.05, 3.63) is 140 Å². The minimum Gasteiger partial charge on any atom is -0.858 e. The van der Waals surface area contributed by atoms with Crippen LogP contribution < -0.4 is 42.9 Å². The lowest BCUT2D eigenvalue weighted by atomic mass is 10.0. The number of guanidine groups is 2. The lowest BCUT2D eigenvalue weighted by Crippen LogP contribution is -2.51. The SMILES string of the molecule is Cc1cn([C@H]2C[C@H](O)[C@@H](COP(=O)(O)O[C@H]3[C@@H](O[Si](C)(C)C(C)(C)C)[C@H](C4=CNC(NC(=O)c5ccccc5)=NC4SSC4N=C(NC(=O)c5ccccc5)NC=C4[C@@H]4O[C@H](CO)[C@@H](OP(=O)(O)OC[C@H]5O[C@@H](n6cc(C)c([O-])nc6=O)C[C@@H]5O)[C@H]4O[Si](C)(C)C(C)(C)C)O[C@@H]3CO)O2)c(=O)nc1[O-]. The van der Waals surface area contributed by atoms with Gasteiger partial charge in [-0.15, -0.1) is 0 Å². The minimum absolute atomic E-state index is 0.0619. The molecule has 8 heterocycles. The number of carbonyl (C=O) groups is 2. The smallest absolute Gasteiger partial charge is 0.472 e. The predicted octanol–water partition coefficient (Wildman–Crippen LogP) is 3.45. The molecule has 34 nitrogen and oxygen atoms in total. The van der Waals surface area contributed by atoms with E-state index in [1.165, 1.54) is 38.6 Å². The van der Waals surface area contributed by atoms with Crippen molar-refractivity contribution < 1.29 is 105 Å². The highest BCUT2D eigenvalue weighted by molar-refractivity contribution is 8.77. The number of benzene rings is 2. The topological polar surface area (TPSA) is 471 Å². The molecule has 4 saturated heterocycles. The summed E-state index contributed by atoms with van der Waals surface area (Å²) in [6.07, 6.45) is -13.8. The van der Waals surface area contributed by atoms with Gasteiger partial charge in [0.25, 0.3) is 11.8 Å². The zero-order chi connectivity index (χ0) is 75.8. The summed E-state index contributed by atoms with van der Waals surface area (Å²) in [7, 11) is -14.6. The van der Waals surface area contributed by atoms with E-state index in [1.807, 2.05) is 67.7 Å². The van der Waals surface area contributed by atoms with Gasteiger partial charge in [-0.2, -0.15) is 0 Å². The van der Waals surface area contributed by atoms with Crippen molar-refractivity contribution in [1.29, 1.82) is 0 Å². The number of aliphatic hydroxyl groups excluding tert-OH is 4. The highest BCUT2D eigenvalue weighted by atomic mass is 33.1. The Morgan fingerprint density at radius 2 is 0.962 bits per heavy atom. The van der Waals surface area contributed by atoms with E-state index >= 15 is 0 Å². The third-order valence-electron chi connectivity index (χ3n) is 19.2. The molecule has 570 valence electrons. The maximum atomic E-state index is 14.4. The van der Waals surface area contributed by atoms with Crippen LogP contribution >= 0.6 is 37.2 Å². The van der Waals surface area contributed by atoms with Gasteiger partial charge in [0.05, 0.1) is 38.6 Å². The molecule has 4 fully saturated rings. The van der Waals surface area contributed by atoms with Gasteiger partial charge in [-0.1, -0.05) is 99.5 Å². The fourth-order valence-electron chi connectivity index (χ4n) is 11.4. The van der Waals surface area contributed by atoms with Gasteiger partial charge in [-0.3, -0.25) is 47.5 Å². The number of rotatable bonds is 25. The van der Waals surface area contributed by atoms with E-state index in [9.17, 15) is 68.7 Å². The van der Waals surface area contributed by atoms with Crippen LogP contribution in [0.2, 0.25) is 36.3 Å². The van der Waals surface area contributed by atoms with Gasteiger partial charge in [0.2, 0.25) is 11.9 Å². The van der Waals surface area contributed by atoms with E-state index in [0.717, 1.165) is 30.7 Å². The van der Waals surface area contributed by atoms with E-state index in [-0.39, 0.29) is 58.2 Å². The Morgan fingerprint density at radius 3 is 1.30 bits per heavy atom. The van der Waals surface area contributed by atoms with E-state index in [1.54, 1.807) is 60.7 Å². The molecule has 2 amide bonds. The van der Waals surface area contributed by atoms with Crippen LogP contribution in [0.5, 0.6) is 11.8 Å². The number of hydrogen-bond acceptors (Lipinski definition) is 30. The maximum Gasteiger partial charge on any atom is 0.472 e. The van der Waals surface area contributed by atoms with Gasteiger partial charge in [0.15, 0.2) is 16.6 Å². The van der Waals surface area contributed by atoms with Gasteiger partial charge in [0, 0.05) is 59.9 Å². The van der Waals surface area contributed by atoms with Gasteiger partial charge >= 0.3 is 27.0 Å². The van der Waals surface area contributed by atoms with Crippen molar-refractivity contribution >= 4 is 77.6 Å². The molecule has 0 spiro atoms. The quantitative estimate of drug-likeness (QED) is 0.0258. The van der Waals surface area contributed by atoms with Gasteiger partial charge < -0.3 is 78.9 Å². The van der Waals surface area contributed by atoms with Gasteiger partial charge in [-0.05, 0) is 97.3 Å². The summed E-state index contributed by atoms with van der Waals surface area (Å²) >= 11 is 0. The molecule has 6 aliphatic rings. The number of aliphatic imine (C=N–C) groups is 2. The normalized spacial score (nSPS) is 29.4. The molecule has 2 aromatic carbocycles. The fourth-order valence-corrected chi connectivity index (χ4v) is 18.6. The summed E-state index contributed by atoms with van der Waals surface area (Å²) in [6, 6.07) is 16.5. The number of carbonyl (C=O) groups excluding carboxylic acids is 2. The summed E-state index contributed by atoms with van der Waals surface area (Å²) < 4.78 is 93.3. The van der Waals surface area contributed by atoms with Crippen molar-refractivity contribution in [2.75, 3.05) is 26.4 Å². The van der Waals surface area contributed by atoms with Crippen LogP contribution in [0, 0.1) is 13.8 Å². The minimum atomic E-state index is -5.29. The highest BCUT2D eigenvalue weighted by Gasteiger charge is 2.58. The Hall–Kier alpha value is -5.89. The second kappa shape index (κ2) is 32.5. The molecule has 18 atom stereocenters. The monoisotopic (exact) mass is 1560 g/mol. The number of phosphoric ester groups is 2. The third-order valence-corrected chi connectivity index (χ3v) is 32.8. The first-order valence-electron chi connectivity index (χ1n) is 33.3. The molecule has 0 aliphatic carbocycles. The van der Waals surface area contributed by atoms with Crippen LogP contribution in [-0.2, 0) is 55.0 Å². The molecule has 104 heavy (non-hydrogen) atoms. The first-order chi connectivity index (χ1) is 48.8. The molecule has 0 bridgehead atoms. The molecule has 0 radical (unpaired) electrons. The summed E-state index contributed by atoms with van der Waals surface area (Å²) in [5, 5.41) is 77.0. The summed E-state index contributed by atoms with van der Waals surface area (Å²) in [4.78, 5) is 93.6. The molecule has 6 aliphatic heterocycles. The molecule has 4 aromatic rings. The lowest BCUT2D eigenvalue weighted by Gasteiger charge is -2.41. The summed E-state index contributed by atoms with van der Waals surface area (Å²) in [5.41, 5.74) is -0.548. The number of aromatic nitrogens is 4. The zero-order valence-corrected chi connectivity index (χ0v) is 64.4. The molecule has 2 aromatic heterocycles. The fraction of sp³-hybridized carbons (Fsp3) is 0.562. The van der Waals surface area contributed by atoms with Crippen molar-refractivity contribution in [2.45, 2.75) is 201 Å². The third kappa shape index (κ3) is 18.8. The number of amides is 2. The van der Waals surface area contributed by atoms with E-state index in [0.29, 0.717) is 0 Å². The Labute approximate surface area is 608 Å². The Bertz CT molecular complexity index is 3870. The number of nitrogens with zero attached hydrogens (tertiary/aromatic N) is 6. The largest absolute Gasteiger partial charge is 0.858 e. The lowest BCUT2D eigenvalue weighted by molar-refractivity contribution is -0.277. The van der Waals surface area contributed by atoms with E-state index in [2.05, 4.69) is 31.2 Å². The average Bonchev–Trinajstić information content (AvgIpc) is 1.56. The van der Waals surface area contributed by atoms with E-state index in [4.69, 9.17) is 55.9 Å². The van der Waals surface area contributed by atoms with Crippen LogP contribution in [0.1, 0.15) is 98.7 Å². The highest BCUT2D eigenvalue weighted by Crippen LogP contribution is 2.55. The number of nitrogens with one attached hydrogen (secondary N) is 4. The van der Waals surface area contributed by atoms with Crippen LogP contribution in [0.3, 0.4) is 0 Å². The van der Waals surface area contributed by atoms with Crippen LogP contribution in [-0.4, -0.2) is 200 Å². The van der Waals surface area contributed by atoms with Crippen molar-refractivity contribution in [1.82, 2.24) is 40.4 Å². The number of ether oxygens (including phenoxy) is 4. The first kappa shape index (κ1) is 80.6. The summed E-state index contributed by atoms with van der Waals surface area (Å²) in [5.74, 6) is -2.72. The Morgan fingerprint density at radius 1 is 0.606 bits per heavy atom. The van der Waals surface area contributed by atoms with Crippen LogP contribution in [0.15, 0.2) is 116 Å². The second-order valence-corrected chi connectivity index (χ2v) is 43.4. The van der Waals surface area contributed by atoms with Crippen molar-refractivity contribution in [3.8, 4) is 11.8 Å². The Balaban J connectivity index is 0.973. The number of phosphoric acid groups is 2. The molecule has 0 saturated carbocycles. The second-order valence-electron chi connectivity index (χ2n) is 28.7. The zero-order valence-electron chi connectivity index (χ0n) is 59.0. The average molecular weight is 1560 g/mol. The van der Waals surface area contributed by atoms with Crippen molar-refractivity contribution in [2.24, 2.45) is 9.98 Å². The van der Waals surface area contributed by atoms with Gasteiger partial charge in [-0.25, -0.2) is 38.7 Å². The molecular formula is C64H88N10O24P2S2Si2-2. The number of hydrogen-bond donors (Lipinski definition) is 10. The molecule has 40 heteroatoms. The van der Waals surface area contributed by atoms with E-state index < -0.39 is 200 Å². The van der Waals surface area contributed by atoms with Gasteiger partial charge in [0.1, 0.15) is 84.2 Å². The first-order valence-corrected chi connectivity index (χ1v) is 44.4. The molecule has 10 N–H and O–H groups in total. The molecule has 4 unspecified atom stereocenters. The predicted molar refractivity (Wildman–Crippen MR) is 379 cm³/mol. The van der Waals surface area contributed by atoms with Crippen LogP contribution in [0.25, 0.3) is 0 Å². The maximum absolute atomic E-state index is 14.4. The molecular weight excluding hydrogens is 1480 g/mol. The van der Waals surface area contributed by atoms with Crippen molar-refractivity contribution in [3.63, 3.8) is 0 Å².